The number of aryl methyl sites for hydroxylation is 1. The Labute approximate surface area is 158 Å². The molecule has 2 aromatic heterocycles. The van der Waals surface area contributed by atoms with E-state index in [9.17, 15) is 18.0 Å². The number of carbonyl (C=O) groups is 1. The monoisotopic (exact) mass is 390 g/mol. The minimum atomic E-state index is -4.61. The highest BCUT2D eigenvalue weighted by molar-refractivity contribution is 6.02. The van der Waals surface area contributed by atoms with Gasteiger partial charge < -0.3 is 5.32 Å². The molecule has 0 fully saturated rings. The van der Waals surface area contributed by atoms with Crippen LogP contribution in [0.1, 0.15) is 40.5 Å². The molecule has 10 heteroatoms. The first-order valence-corrected chi connectivity index (χ1v) is 8.43. The van der Waals surface area contributed by atoms with Gasteiger partial charge in [0.25, 0.3) is 5.91 Å². The van der Waals surface area contributed by atoms with Gasteiger partial charge in [-0.2, -0.15) is 13.2 Å². The summed E-state index contributed by atoms with van der Waals surface area (Å²) in [5.41, 5.74) is -0.0444. The van der Waals surface area contributed by atoms with Crippen LogP contribution in [0.15, 0.2) is 42.5 Å². The van der Waals surface area contributed by atoms with Crippen LogP contribution in [0.5, 0.6) is 0 Å². The normalized spacial score (nSPS) is 12.6. The third-order valence-corrected chi connectivity index (χ3v) is 4.06. The summed E-state index contributed by atoms with van der Waals surface area (Å²) in [7, 11) is 0. The predicted molar refractivity (Wildman–Crippen MR) is 94.6 cm³/mol. The number of nitrogens with one attached hydrogen (secondary N) is 1. The van der Waals surface area contributed by atoms with Crippen molar-refractivity contribution in [1.29, 1.82) is 0 Å². The van der Waals surface area contributed by atoms with Gasteiger partial charge in [0.05, 0.1) is 6.04 Å². The maximum absolute atomic E-state index is 12.8. The number of amides is 1. The number of aromatic nitrogens is 5. The Hall–Kier alpha value is -3.30. The molecule has 1 N–H and O–H groups in total. The van der Waals surface area contributed by atoms with Crippen molar-refractivity contribution in [2.24, 2.45) is 0 Å². The van der Waals surface area contributed by atoms with Gasteiger partial charge in [0.2, 0.25) is 0 Å². The molecular formula is C18H17F3N6O. The van der Waals surface area contributed by atoms with Gasteiger partial charge >= 0.3 is 6.18 Å². The van der Waals surface area contributed by atoms with Crippen LogP contribution in [-0.4, -0.2) is 31.1 Å². The van der Waals surface area contributed by atoms with Crippen molar-refractivity contribution in [2.45, 2.75) is 32.5 Å². The fourth-order valence-corrected chi connectivity index (χ4v) is 2.76. The molecule has 3 aromatic rings. The van der Waals surface area contributed by atoms with Gasteiger partial charge in [-0.15, -0.1) is 5.10 Å². The van der Waals surface area contributed by atoms with E-state index in [-0.39, 0.29) is 11.7 Å². The largest absolute Gasteiger partial charge is 0.433 e. The molecule has 1 aromatic carbocycles. The lowest BCUT2D eigenvalue weighted by Crippen LogP contribution is -2.17. The molecule has 3 rings (SSSR count). The molecule has 7 nitrogen and oxygen atoms in total. The van der Waals surface area contributed by atoms with Crippen molar-refractivity contribution in [2.75, 3.05) is 5.32 Å². The molecule has 0 spiro atoms. The minimum Gasteiger partial charge on any atom is -0.321 e. The molecule has 0 bridgehead atoms. The first kappa shape index (κ1) is 19.5. The number of carbonyl (C=O) groups excluding carboxylic acids is 1. The van der Waals surface area contributed by atoms with E-state index in [0.29, 0.717) is 17.9 Å². The average Bonchev–Trinajstić information content (AvgIpc) is 3.07. The van der Waals surface area contributed by atoms with Gasteiger partial charge in [-0.3, -0.25) is 4.79 Å². The number of alkyl halides is 3. The molecule has 2 heterocycles. The number of nitrogens with zero attached hydrogens (tertiary/aromatic N) is 5. The fourth-order valence-electron chi connectivity index (χ4n) is 2.76. The van der Waals surface area contributed by atoms with E-state index in [2.05, 4.69) is 25.8 Å². The lowest BCUT2D eigenvalue weighted by atomic mass is 10.1. The Balaban J connectivity index is 1.72. The standard InChI is InChI=1S/C18H17F3N6O/c1-11(27-12(2)24-25-26-27)9-13-5-3-6-14(10-13)22-17(28)15-7-4-8-16(23-15)18(19,20)21/h3-8,10-11H,9H2,1-2H3,(H,22,28)/t11-/m1/s1. The molecule has 0 radical (unpaired) electrons. The minimum absolute atomic E-state index is 0.00825. The van der Waals surface area contributed by atoms with Gasteiger partial charge in [0.15, 0.2) is 0 Å². The summed E-state index contributed by atoms with van der Waals surface area (Å²) in [6.45, 7) is 3.76. The van der Waals surface area contributed by atoms with E-state index in [1.165, 1.54) is 6.07 Å². The summed E-state index contributed by atoms with van der Waals surface area (Å²) in [4.78, 5) is 15.7. The maximum atomic E-state index is 12.8. The predicted octanol–water partition coefficient (Wildman–Crippen LogP) is 3.45. The van der Waals surface area contributed by atoms with Crippen molar-refractivity contribution >= 4 is 11.6 Å². The molecule has 1 amide bonds. The summed E-state index contributed by atoms with van der Waals surface area (Å²) < 4.78 is 40.0. The molecular weight excluding hydrogens is 373 g/mol. The van der Waals surface area contributed by atoms with Crippen molar-refractivity contribution in [1.82, 2.24) is 25.2 Å². The van der Waals surface area contributed by atoms with Crippen molar-refractivity contribution in [3.8, 4) is 0 Å². The van der Waals surface area contributed by atoms with Crippen LogP contribution >= 0.6 is 0 Å². The zero-order valence-electron chi connectivity index (χ0n) is 15.1. The summed E-state index contributed by atoms with van der Waals surface area (Å²) in [5.74, 6) is -0.0276. The van der Waals surface area contributed by atoms with Crippen LogP contribution in [0.4, 0.5) is 18.9 Å². The molecule has 0 unspecified atom stereocenters. The van der Waals surface area contributed by atoms with E-state index in [1.54, 1.807) is 29.8 Å². The zero-order valence-corrected chi connectivity index (χ0v) is 15.1. The highest BCUT2D eigenvalue weighted by Crippen LogP contribution is 2.27. The summed E-state index contributed by atoms with van der Waals surface area (Å²) in [5, 5.41) is 14.0. The number of hydrogen-bond acceptors (Lipinski definition) is 5. The van der Waals surface area contributed by atoms with Crippen molar-refractivity contribution in [3.05, 3.63) is 65.2 Å². The smallest absolute Gasteiger partial charge is 0.321 e. The maximum Gasteiger partial charge on any atom is 0.433 e. The average molecular weight is 390 g/mol. The third kappa shape index (κ3) is 4.51. The Morgan fingerprint density at radius 3 is 2.64 bits per heavy atom. The zero-order chi connectivity index (χ0) is 20.3. The number of hydrogen-bond donors (Lipinski definition) is 1. The van der Waals surface area contributed by atoms with Crippen LogP contribution in [-0.2, 0) is 12.6 Å². The molecule has 0 aliphatic rings. The van der Waals surface area contributed by atoms with Crippen LogP contribution in [0.3, 0.4) is 0 Å². The summed E-state index contributed by atoms with van der Waals surface area (Å²) in [6.07, 6.45) is -4.00. The van der Waals surface area contributed by atoms with Crippen LogP contribution in [0, 0.1) is 6.92 Å². The van der Waals surface area contributed by atoms with Gasteiger partial charge in [0.1, 0.15) is 17.2 Å². The molecule has 0 aliphatic carbocycles. The second-order valence-corrected chi connectivity index (χ2v) is 6.28. The van der Waals surface area contributed by atoms with Crippen LogP contribution < -0.4 is 5.32 Å². The van der Waals surface area contributed by atoms with Crippen LogP contribution in [0.2, 0.25) is 0 Å². The van der Waals surface area contributed by atoms with E-state index in [1.807, 2.05) is 13.0 Å². The summed E-state index contributed by atoms with van der Waals surface area (Å²) in [6, 6.07) is 10.2. The van der Waals surface area contributed by atoms with Gasteiger partial charge in [-0.05, 0) is 60.5 Å². The summed E-state index contributed by atoms with van der Waals surface area (Å²) >= 11 is 0. The van der Waals surface area contributed by atoms with E-state index in [0.717, 1.165) is 17.7 Å². The number of benzene rings is 1. The molecule has 1 atom stereocenters. The van der Waals surface area contributed by atoms with Crippen molar-refractivity contribution in [3.63, 3.8) is 0 Å². The number of pyridine rings is 1. The quantitative estimate of drug-likeness (QED) is 0.721. The van der Waals surface area contributed by atoms with E-state index < -0.39 is 17.8 Å². The topological polar surface area (TPSA) is 85.6 Å². The fraction of sp³-hybridized carbons (Fsp3) is 0.278. The second-order valence-electron chi connectivity index (χ2n) is 6.28. The van der Waals surface area contributed by atoms with E-state index >= 15 is 0 Å². The molecule has 146 valence electrons. The van der Waals surface area contributed by atoms with Crippen LogP contribution in [0.25, 0.3) is 0 Å². The number of tetrazole rings is 1. The number of rotatable bonds is 5. The number of halogens is 3. The molecule has 0 aliphatic heterocycles. The van der Waals surface area contributed by atoms with Gasteiger partial charge in [0, 0.05) is 5.69 Å². The Morgan fingerprint density at radius 1 is 1.21 bits per heavy atom. The first-order chi connectivity index (χ1) is 13.2. The van der Waals surface area contributed by atoms with Gasteiger partial charge in [-0.25, -0.2) is 9.67 Å². The Morgan fingerprint density at radius 2 is 1.96 bits per heavy atom. The van der Waals surface area contributed by atoms with Crippen molar-refractivity contribution < 1.29 is 18.0 Å². The Bertz CT molecular complexity index is 985. The number of anilines is 1. The first-order valence-electron chi connectivity index (χ1n) is 8.43. The van der Waals surface area contributed by atoms with Gasteiger partial charge in [-0.1, -0.05) is 18.2 Å². The third-order valence-electron chi connectivity index (χ3n) is 4.06. The second kappa shape index (κ2) is 7.75. The SMILES string of the molecule is Cc1nnnn1[C@H](C)Cc1cccc(NC(=O)c2cccc(C(F)(F)F)n2)c1. The highest BCUT2D eigenvalue weighted by Gasteiger charge is 2.32. The molecule has 0 saturated heterocycles. The molecule has 0 saturated carbocycles. The lowest BCUT2D eigenvalue weighted by molar-refractivity contribution is -0.141. The lowest BCUT2D eigenvalue weighted by Gasteiger charge is -2.13. The highest BCUT2D eigenvalue weighted by atomic mass is 19.4. The molecule has 28 heavy (non-hydrogen) atoms. The van der Waals surface area contributed by atoms with E-state index in [4.69, 9.17) is 0 Å². The Kier molecular flexibility index (Phi) is 5.39.